The fourth-order valence-corrected chi connectivity index (χ4v) is 3.79. The minimum Gasteiger partial charge on any atom is -0.485 e. The van der Waals surface area contributed by atoms with Crippen LogP contribution in [-0.4, -0.2) is 32.9 Å². The number of para-hydroxylation sites is 2. The number of hydrogen-bond acceptors (Lipinski definition) is 6. The molecule has 4 rings (SSSR count). The van der Waals surface area contributed by atoms with Crippen LogP contribution in [0.2, 0.25) is 0 Å². The number of fused-ring (bicyclic) bond motifs is 1. The number of thioether (sulfide) groups is 1. The van der Waals surface area contributed by atoms with Crippen LogP contribution in [0, 0.1) is 5.82 Å². The standard InChI is InChI=1S/C21H18FN3O3S/c1-2-11-25-20(19-12-27-17-5-3-4-6-18(17)28-19)23-24-21(25)29-13-16(26)14-7-9-15(22)10-8-14/h2-10,19H,1,11-13H2. The van der Waals surface area contributed by atoms with Gasteiger partial charge in [0.1, 0.15) is 12.4 Å². The average molecular weight is 411 g/mol. The number of aromatic nitrogens is 3. The van der Waals surface area contributed by atoms with Crippen molar-refractivity contribution >= 4 is 17.5 Å². The Labute approximate surface area is 171 Å². The van der Waals surface area contributed by atoms with Crippen LogP contribution in [0.3, 0.4) is 0 Å². The number of ether oxygens (including phenoxy) is 2. The van der Waals surface area contributed by atoms with Crippen LogP contribution in [0.1, 0.15) is 22.3 Å². The maximum atomic E-state index is 13.0. The highest BCUT2D eigenvalue weighted by Crippen LogP contribution is 2.36. The first-order valence-corrected chi connectivity index (χ1v) is 9.98. The number of allylic oxidation sites excluding steroid dienone is 1. The lowest BCUT2D eigenvalue weighted by atomic mass is 10.1. The van der Waals surface area contributed by atoms with Gasteiger partial charge in [0.15, 0.2) is 34.4 Å². The monoisotopic (exact) mass is 411 g/mol. The summed E-state index contributed by atoms with van der Waals surface area (Å²) in [5.74, 6) is 1.62. The van der Waals surface area contributed by atoms with Gasteiger partial charge >= 0.3 is 0 Å². The molecular formula is C21H18FN3O3S. The molecule has 1 aliphatic rings. The Kier molecular flexibility index (Phi) is 5.62. The van der Waals surface area contributed by atoms with Crippen molar-refractivity contribution in [1.29, 1.82) is 0 Å². The summed E-state index contributed by atoms with van der Waals surface area (Å²) in [5, 5.41) is 9.08. The Morgan fingerprint density at radius 3 is 2.72 bits per heavy atom. The number of Topliss-reactive ketones (excluding diaryl/α,β-unsaturated/α-hetero) is 1. The van der Waals surface area contributed by atoms with Crippen molar-refractivity contribution < 1.29 is 18.7 Å². The van der Waals surface area contributed by atoms with Crippen molar-refractivity contribution in [3.05, 3.63) is 78.4 Å². The summed E-state index contributed by atoms with van der Waals surface area (Å²) in [6, 6.07) is 12.9. The zero-order chi connectivity index (χ0) is 20.2. The van der Waals surface area contributed by atoms with Gasteiger partial charge in [-0.05, 0) is 36.4 Å². The van der Waals surface area contributed by atoms with Gasteiger partial charge in [0.2, 0.25) is 0 Å². The van der Waals surface area contributed by atoms with Crippen molar-refractivity contribution in [2.24, 2.45) is 0 Å². The van der Waals surface area contributed by atoms with Gasteiger partial charge in [-0.2, -0.15) is 0 Å². The Balaban J connectivity index is 1.50. The largest absolute Gasteiger partial charge is 0.485 e. The van der Waals surface area contributed by atoms with E-state index in [0.717, 1.165) is 0 Å². The van der Waals surface area contributed by atoms with E-state index in [0.29, 0.717) is 41.2 Å². The molecule has 0 radical (unpaired) electrons. The van der Waals surface area contributed by atoms with Gasteiger partial charge in [0, 0.05) is 12.1 Å². The zero-order valence-corrected chi connectivity index (χ0v) is 16.3. The fraction of sp³-hybridized carbons (Fsp3) is 0.190. The van der Waals surface area contributed by atoms with Crippen LogP contribution >= 0.6 is 11.8 Å². The molecule has 0 N–H and O–H groups in total. The molecular weight excluding hydrogens is 393 g/mol. The summed E-state index contributed by atoms with van der Waals surface area (Å²) in [6.07, 6.45) is 1.32. The smallest absolute Gasteiger partial charge is 0.192 e. The van der Waals surface area contributed by atoms with Crippen molar-refractivity contribution in [1.82, 2.24) is 14.8 Å². The summed E-state index contributed by atoms with van der Waals surface area (Å²) in [7, 11) is 0. The number of halogens is 1. The first-order chi connectivity index (χ1) is 14.2. The summed E-state index contributed by atoms with van der Waals surface area (Å²) in [5.41, 5.74) is 0.453. The second-order valence-electron chi connectivity index (χ2n) is 6.32. The maximum Gasteiger partial charge on any atom is 0.192 e. The molecule has 148 valence electrons. The van der Waals surface area contributed by atoms with E-state index >= 15 is 0 Å². The summed E-state index contributed by atoms with van der Waals surface area (Å²) >= 11 is 1.27. The number of carbonyl (C=O) groups is 1. The Bertz CT molecular complexity index is 1040. The number of nitrogens with zero attached hydrogens (tertiary/aromatic N) is 3. The van der Waals surface area contributed by atoms with Crippen molar-refractivity contribution in [2.75, 3.05) is 12.4 Å². The molecule has 3 aromatic rings. The number of carbonyl (C=O) groups excluding carboxylic acids is 1. The summed E-state index contributed by atoms with van der Waals surface area (Å²) in [4.78, 5) is 12.4. The molecule has 1 atom stereocenters. The highest BCUT2D eigenvalue weighted by Gasteiger charge is 2.28. The van der Waals surface area contributed by atoms with E-state index in [9.17, 15) is 9.18 Å². The molecule has 2 aromatic carbocycles. The van der Waals surface area contributed by atoms with Crippen molar-refractivity contribution in [3.63, 3.8) is 0 Å². The zero-order valence-electron chi connectivity index (χ0n) is 15.5. The lowest BCUT2D eigenvalue weighted by molar-refractivity contribution is 0.0821. The van der Waals surface area contributed by atoms with Gasteiger partial charge < -0.3 is 9.47 Å². The number of benzene rings is 2. The molecule has 29 heavy (non-hydrogen) atoms. The Hall–Kier alpha value is -3.13. The quantitative estimate of drug-likeness (QED) is 0.331. The van der Waals surface area contributed by atoms with Crippen LogP contribution in [0.25, 0.3) is 0 Å². The molecule has 6 nitrogen and oxygen atoms in total. The van der Waals surface area contributed by atoms with Crippen LogP contribution in [0.5, 0.6) is 11.5 Å². The van der Waals surface area contributed by atoms with E-state index in [1.165, 1.54) is 36.0 Å². The SMILES string of the molecule is C=CCn1c(SCC(=O)c2ccc(F)cc2)nnc1C1COc2ccccc2O1. The molecule has 0 amide bonds. The number of ketones is 1. The van der Waals surface area contributed by atoms with E-state index in [1.807, 2.05) is 28.8 Å². The Morgan fingerprint density at radius 2 is 1.97 bits per heavy atom. The van der Waals surface area contributed by atoms with Crippen molar-refractivity contribution in [3.8, 4) is 11.5 Å². The molecule has 0 saturated carbocycles. The molecule has 1 aromatic heterocycles. The van der Waals surface area contributed by atoms with Gasteiger partial charge in [-0.1, -0.05) is 30.0 Å². The highest BCUT2D eigenvalue weighted by molar-refractivity contribution is 7.99. The maximum absolute atomic E-state index is 13.0. The van der Waals surface area contributed by atoms with Crippen LogP contribution in [0.4, 0.5) is 4.39 Å². The Morgan fingerprint density at radius 1 is 1.21 bits per heavy atom. The summed E-state index contributed by atoms with van der Waals surface area (Å²) < 4.78 is 26.7. The second-order valence-corrected chi connectivity index (χ2v) is 7.27. The summed E-state index contributed by atoms with van der Waals surface area (Å²) in [6.45, 7) is 4.57. The van der Waals surface area contributed by atoms with E-state index in [2.05, 4.69) is 16.8 Å². The predicted octanol–water partition coefficient (Wildman–Crippen LogP) is 4.09. The first kappa shape index (κ1) is 19.2. The highest BCUT2D eigenvalue weighted by atomic mass is 32.2. The molecule has 0 saturated heterocycles. The van der Waals surface area contributed by atoms with Gasteiger partial charge in [0.05, 0.1) is 5.75 Å². The third-order valence-electron chi connectivity index (χ3n) is 4.35. The molecule has 0 spiro atoms. The fourth-order valence-electron chi connectivity index (χ4n) is 2.94. The second kappa shape index (κ2) is 8.48. The van der Waals surface area contributed by atoms with Gasteiger partial charge in [-0.15, -0.1) is 16.8 Å². The molecule has 1 unspecified atom stereocenters. The first-order valence-electron chi connectivity index (χ1n) is 8.99. The topological polar surface area (TPSA) is 66.2 Å². The van der Waals surface area contributed by atoms with Crippen molar-refractivity contribution in [2.45, 2.75) is 17.8 Å². The lowest BCUT2D eigenvalue weighted by Crippen LogP contribution is -2.25. The molecule has 8 heteroatoms. The average Bonchev–Trinajstić information content (AvgIpc) is 3.15. The van der Waals surface area contributed by atoms with Crippen LogP contribution in [0.15, 0.2) is 66.3 Å². The molecule has 0 fully saturated rings. The number of rotatable bonds is 7. The molecule has 0 bridgehead atoms. The molecule has 1 aliphatic heterocycles. The predicted molar refractivity (Wildman–Crippen MR) is 107 cm³/mol. The van der Waals surface area contributed by atoms with Crippen LogP contribution < -0.4 is 9.47 Å². The van der Waals surface area contributed by atoms with E-state index in [1.54, 1.807) is 6.08 Å². The van der Waals surface area contributed by atoms with E-state index < -0.39 is 6.10 Å². The van der Waals surface area contributed by atoms with Gasteiger partial charge in [-0.3, -0.25) is 9.36 Å². The molecule has 2 heterocycles. The lowest BCUT2D eigenvalue weighted by Gasteiger charge is -2.26. The number of hydrogen-bond donors (Lipinski definition) is 0. The molecule has 0 aliphatic carbocycles. The van der Waals surface area contributed by atoms with E-state index in [4.69, 9.17) is 9.47 Å². The van der Waals surface area contributed by atoms with Gasteiger partial charge in [0.25, 0.3) is 0 Å². The minimum atomic E-state index is -0.417. The van der Waals surface area contributed by atoms with Crippen LogP contribution in [-0.2, 0) is 6.54 Å². The van der Waals surface area contributed by atoms with E-state index in [-0.39, 0.29) is 17.4 Å². The normalized spacial score (nSPS) is 15.1. The minimum absolute atomic E-state index is 0.115. The van der Waals surface area contributed by atoms with Gasteiger partial charge in [-0.25, -0.2) is 4.39 Å². The third-order valence-corrected chi connectivity index (χ3v) is 5.32. The third kappa shape index (κ3) is 4.17.